The molecule has 1 aliphatic heterocycles. The van der Waals surface area contributed by atoms with E-state index >= 15 is 0 Å². The van der Waals surface area contributed by atoms with E-state index in [2.05, 4.69) is 10.3 Å². The molecule has 1 aliphatic rings. The van der Waals surface area contributed by atoms with Crippen LogP contribution < -0.4 is 16.8 Å². The van der Waals surface area contributed by atoms with E-state index in [1.54, 1.807) is 6.07 Å². The lowest BCUT2D eigenvalue weighted by Gasteiger charge is -2.20. The minimum atomic E-state index is -0.877. The number of piperidine rings is 1. The number of aromatic nitrogens is 2. The average Bonchev–Trinajstić information content (AvgIpc) is 3.06. The number of halogens is 1. The van der Waals surface area contributed by atoms with E-state index in [1.807, 2.05) is 19.9 Å². The van der Waals surface area contributed by atoms with Gasteiger partial charge in [0.15, 0.2) is 5.76 Å². The Kier molecular flexibility index (Phi) is 4.73. The van der Waals surface area contributed by atoms with E-state index in [1.165, 1.54) is 18.3 Å². The fraction of sp³-hybridized carbons (Fsp3) is 0.238. The number of nitrogens with one attached hydrogen (secondary N) is 1. The van der Waals surface area contributed by atoms with E-state index in [4.69, 9.17) is 10.2 Å². The topological polar surface area (TPSA) is 120 Å². The maximum Gasteiger partial charge on any atom is 0.420 e. The van der Waals surface area contributed by atoms with Gasteiger partial charge < -0.3 is 10.2 Å². The number of nitrogens with zero attached hydrogens (tertiary/aromatic N) is 2. The Morgan fingerprint density at radius 3 is 2.67 bits per heavy atom. The fourth-order valence-electron chi connectivity index (χ4n) is 3.42. The van der Waals surface area contributed by atoms with Gasteiger partial charge in [0.25, 0.3) is 0 Å². The molecule has 3 heterocycles. The molecule has 0 radical (unpaired) electrons. The Morgan fingerprint density at radius 1 is 1.23 bits per heavy atom. The quantitative estimate of drug-likeness (QED) is 0.640. The van der Waals surface area contributed by atoms with Gasteiger partial charge in [-0.3, -0.25) is 19.5 Å². The van der Waals surface area contributed by atoms with Crippen LogP contribution in [0.25, 0.3) is 22.6 Å². The van der Waals surface area contributed by atoms with Crippen LogP contribution in [0, 0.1) is 19.7 Å². The van der Waals surface area contributed by atoms with Crippen molar-refractivity contribution in [2.45, 2.75) is 32.7 Å². The largest absolute Gasteiger partial charge is 0.420 e. The summed E-state index contributed by atoms with van der Waals surface area (Å²) in [6, 6.07) is 5.36. The zero-order chi connectivity index (χ0) is 21.6. The minimum Gasteiger partial charge on any atom is -0.408 e. The van der Waals surface area contributed by atoms with Crippen molar-refractivity contribution in [3.63, 3.8) is 0 Å². The number of nitrogen functional groups attached to an aromatic ring is 1. The van der Waals surface area contributed by atoms with E-state index in [-0.39, 0.29) is 24.2 Å². The van der Waals surface area contributed by atoms with Crippen molar-refractivity contribution < 1.29 is 18.4 Å². The lowest BCUT2D eigenvalue weighted by Crippen LogP contribution is -2.43. The van der Waals surface area contributed by atoms with Gasteiger partial charge >= 0.3 is 5.76 Å². The summed E-state index contributed by atoms with van der Waals surface area (Å²) in [5, 5.41) is 2.18. The first-order valence-electron chi connectivity index (χ1n) is 9.34. The molecule has 2 amide bonds. The molecule has 0 aliphatic carbocycles. The maximum absolute atomic E-state index is 14.9. The van der Waals surface area contributed by atoms with Crippen LogP contribution in [0.5, 0.6) is 0 Å². The summed E-state index contributed by atoms with van der Waals surface area (Å²) in [4.78, 5) is 39.9. The molecule has 3 N–H and O–H groups in total. The van der Waals surface area contributed by atoms with E-state index < -0.39 is 29.4 Å². The molecule has 8 nitrogen and oxygen atoms in total. The molecule has 0 saturated carbocycles. The summed E-state index contributed by atoms with van der Waals surface area (Å²) < 4.78 is 21.1. The number of carbonyl (C=O) groups is 2. The zero-order valence-corrected chi connectivity index (χ0v) is 16.4. The van der Waals surface area contributed by atoms with Crippen molar-refractivity contribution in [2.75, 3.05) is 5.73 Å². The smallest absolute Gasteiger partial charge is 0.408 e. The van der Waals surface area contributed by atoms with Crippen molar-refractivity contribution in [1.29, 1.82) is 0 Å². The van der Waals surface area contributed by atoms with Crippen LogP contribution in [0.3, 0.4) is 0 Å². The molecule has 1 aromatic carbocycles. The Bertz CT molecular complexity index is 1220. The van der Waals surface area contributed by atoms with Gasteiger partial charge in [-0.2, -0.15) is 0 Å². The van der Waals surface area contributed by atoms with Crippen LogP contribution >= 0.6 is 0 Å². The number of imide groups is 1. The number of pyridine rings is 1. The second-order valence-corrected chi connectivity index (χ2v) is 7.26. The molecular formula is C21H19FN4O4. The molecule has 1 saturated heterocycles. The number of rotatable bonds is 3. The first-order valence-corrected chi connectivity index (χ1v) is 9.34. The molecule has 30 heavy (non-hydrogen) atoms. The van der Waals surface area contributed by atoms with Crippen LogP contribution in [0.15, 0.2) is 39.7 Å². The molecule has 3 aromatic rings. The van der Waals surface area contributed by atoms with Gasteiger partial charge in [0, 0.05) is 12.0 Å². The number of benzene rings is 1. The van der Waals surface area contributed by atoms with Crippen LogP contribution in [0.2, 0.25) is 0 Å². The minimum absolute atomic E-state index is 0.0127. The predicted molar refractivity (Wildman–Crippen MR) is 107 cm³/mol. The average molecular weight is 410 g/mol. The molecule has 1 unspecified atom stereocenters. The molecule has 0 bridgehead atoms. The van der Waals surface area contributed by atoms with Gasteiger partial charge in [0.1, 0.15) is 17.7 Å². The Labute approximate surface area is 170 Å². The molecule has 154 valence electrons. The number of aryl methyl sites for hydroxylation is 1. The molecule has 1 atom stereocenters. The standard InChI is InChI=1S/C21H19FN4O4/c1-10-7-15(24-19(23)11(10)2)12-3-4-13(14(22)8-12)17-9-26(21(29)30-17)16-5-6-18(27)25-20(16)28/h3-4,7-9,16H,5-6H2,1-2H3,(H2,23,24)(H,25,27,28). The SMILES string of the molecule is Cc1cc(-c2ccc(-c3cn(C4CCC(=O)NC4=O)c(=O)o3)c(F)c2)nc(N)c1C. The van der Waals surface area contributed by atoms with Gasteiger partial charge in [-0.25, -0.2) is 14.2 Å². The normalized spacial score (nSPS) is 16.6. The van der Waals surface area contributed by atoms with Crippen molar-refractivity contribution >= 4 is 17.6 Å². The Morgan fingerprint density at radius 2 is 2.00 bits per heavy atom. The number of hydrogen-bond acceptors (Lipinski definition) is 6. The van der Waals surface area contributed by atoms with Crippen molar-refractivity contribution in [2.24, 2.45) is 0 Å². The number of amides is 2. The second kappa shape index (κ2) is 7.25. The highest BCUT2D eigenvalue weighted by Gasteiger charge is 2.30. The van der Waals surface area contributed by atoms with Crippen molar-refractivity contribution in [3.8, 4) is 22.6 Å². The van der Waals surface area contributed by atoms with Crippen LogP contribution in [0.4, 0.5) is 10.2 Å². The maximum atomic E-state index is 14.9. The highest BCUT2D eigenvalue weighted by Crippen LogP contribution is 2.29. The lowest BCUT2D eigenvalue weighted by atomic mass is 10.0. The fourth-order valence-corrected chi connectivity index (χ4v) is 3.42. The van der Waals surface area contributed by atoms with Gasteiger partial charge in [-0.15, -0.1) is 0 Å². The molecule has 0 spiro atoms. The third-order valence-corrected chi connectivity index (χ3v) is 5.31. The van der Waals surface area contributed by atoms with Crippen molar-refractivity contribution in [3.05, 3.63) is 58.0 Å². The zero-order valence-electron chi connectivity index (χ0n) is 16.4. The summed E-state index contributed by atoms with van der Waals surface area (Å²) in [5.74, 6) is -2.03. The number of nitrogens with two attached hydrogens (primary N) is 1. The van der Waals surface area contributed by atoms with Gasteiger partial charge in [-0.1, -0.05) is 6.07 Å². The molecule has 9 heteroatoms. The van der Waals surface area contributed by atoms with E-state index in [9.17, 15) is 18.8 Å². The first kappa shape index (κ1) is 19.6. The monoisotopic (exact) mass is 410 g/mol. The molecular weight excluding hydrogens is 391 g/mol. The summed E-state index contributed by atoms with van der Waals surface area (Å²) in [6.45, 7) is 3.76. The Balaban J connectivity index is 1.68. The predicted octanol–water partition coefficient (Wildman–Crippen LogP) is 2.49. The Hall–Kier alpha value is -3.75. The van der Waals surface area contributed by atoms with Crippen LogP contribution in [0.1, 0.15) is 30.0 Å². The third kappa shape index (κ3) is 3.38. The number of anilines is 1. The first-order chi connectivity index (χ1) is 14.2. The van der Waals surface area contributed by atoms with Crippen LogP contribution in [-0.4, -0.2) is 21.4 Å². The van der Waals surface area contributed by atoms with Crippen molar-refractivity contribution in [1.82, 2.24) is 14.9 Å². The molecule has 1 fully saturated rings. The summed E-state index contributed by atoms with van der Waals surface area (Å²) in [7, 11) is 0. The summed E-state index contributed by atoms with van der Waals surface area (Å²) in [6.07, 6.45) is 1.57. The van der Waals surface area contributed by atoms with E-state index in [0.29, 0.717) is 17.1 Å². The number of hydrogen-bond donors (Lipinski definition) is 2. The van der Waals surface area contributed by atoms with Crippen LogP contribution in [-0.2, 0) is 9.59 Å². The summed E-state index contributed by atoms with van der Waals surface area (Å²) in [5.41, 5.74) is 8.85. The van der Waals surface area contributed by atoms with E-state index in [0.717, 1.165) is 15.7 Å². The number of oxazole rings is 1. The highest BCUT2D eigenvalue weighted by atomic mass is 19.1. The van der Waals surface area contributed by atoms with Gasteiger partial charge in [-0.05, 0) is 49.6 Å². The lowest BCUT2D eigenvalue weighted by molar-refractivity contribution is -0.135. The van der Waals surface area contributed by atoms with Gasteiger partial charge in [0.2, 0.25) is 11.8 Å². The highest BCUT2D eigenvalue weighted by molar-refractivity contribution is 5.99. The summed E-state index contributed by atoms with van der Waals surface area (Å²) >= 11 is 0. The molecule has 2 aromatic heterocycles. The van der Waals surface area contributed by atoms with Gasteiger partial charge in [0.05, 0.1) is 17.5 Å². The number of carbonyl (C=O) groups excluding carboxylic acids is 2. The second-order valence-electron chi connectivity index (χ2n) is 7.26. The molecule has 4 rings (SSSR count). The third-order valence-electron chi connectivity index (χ3n) is 5.31.